The Morgan fingerprint density at radius 2 is 1.38 bits per heavy atom. The lowest BCUT2D eigenvalue weighted by atomic mass is 10.0. The molecule has 0 heterocycles. The van der Waals surface area contributed by atoms with Crippen molar-refractivity contribution in [2.75, 3.05) is 10.6 Å². The molecule has 0 amide bonds. The average molecular weight is 367 g/mol. The Bertz CT molecular complexity index is 1030. The number of nitrogens with zero attached hydrogens (tertiary/aromatic N) is 1. The molecule has 0 saturated heterocycles. The summed E-state index contributed by atoms with van der Waals surface area (Å²) in [7, 11) is -3.67. The SMILES string of the molecule is CS(=O)(=O)N(c1ccccc1)c1cc(C(=O)O)cc(-c2ccccc2)c1. The molecule has 0 saturated carbocycles. The number of carboxylic acids is 1. The van der Waals surface area contributed by atoms with Crippen LogP contribution >= 0.6 is 0 Å². The number of para-hydroxylation sites is 1. The maximum atomic E-state index is 12.4. The first-order valence-electron chi connectivity index (χ1n) is 7.85. The first-order valence-corrected chi connectivity index (χ1v) is 9.70. The third-order valence-corrected chi connectivity index (χ3v) is 4.91. The number of carbonyl (C=O) groups is 1. The van der Waals surface area contributed by atoms with E-state index in [1.54, 1.807) is 36.4 Å². The minimum atomic E-state index is -3.67. The van der Waals surface area contributed by atoms with Crippen molar-refractivity contribution in [2.24, 2.45) is 0 Å². The van der Waals surface area contributed by atoms with E-state index in [0.717, 1.165) is 16.1 Å². The lowest BCUT2D eigenvalue weighted by molar-refractivity contribution is 0.0697. The summed E-state index contributed by atoms with van der Waals surface area (Å²) in [5.41, 5.74) is 2.17. The zero-order valence-electron chi connectivity index (χ0n) is 14.0. The Morgan fingerprint density at radius 1 is 0.808 bits per heavy atom. The van der Waals surface area contributed by atoms with Crippen LogP contribution in [-0.2, 0) is 10.0 Å². The third-order valence-electron chi connectivity index (χ3n) is 3.83. The summed E-state index contributed by atoms with van der Waals surface area (Å²) in [5.74, 6) is -1.12. The number of aromatic carboxylic acids is 1. The molecule has 26 heavy (non-hydrogen) atoms. The van der Waals surface area contributed by atoms with Crippen molar-refractivity contribution < 1.29 is 18.3 Å². The summed E-state index contributed by atoms with van der Waals surface area (Å²) < 4.78 is 26.0. The Balaban J connectivity index is 2.25. The predicted molar refractivity (Wildman–Crippen MR) is 102 cm³/mol. The molecule has 0 aliphatic heterocycles. The monoisotopic (exact) mass is 367 g/mol. The highest BCUT2D eigenvalue weighted by molar-refractivity contribution is 7.92. The number of benzene rings is 3. The second-order valence-corrected chi connectivity index (χ2v) is 7.63. The molecule has 132 valence electrons. The smallest absolute Gasteiger partial charge is 0.335 e. The Kier molecular flexibility index (Phi) is 4.77. The summed E-state index contributed by atoms with van der Waals surface area (Å²) in [6, 6.07) is 22.4. The van der Waals surface area contributed by atoms with Gasteiger partial charge in [0.05, 0.1) is 23.2 Å². The fraction of sp³-hybridized carbons (Fsp3) is 0.0500. The number of hydrogen-bond acceptors (Lipinski definition) is 3. The van der Waals surface area contributed by atoms with E-state index in [-0.39, 0.29) is 11.3 Å². The molecule has 3 aromatic carbocycles. The molecule has 0 spiro atoms. The van der Waals surface area contributed by atoms with Crippen LogP contribution in [0.25, 0.3) is 11.1 Å². The van der Waals surface area contributed by atoms with Gasteiger partial charge < -0.3 is 5.11 Å². The molecule has 0 aromatic heterocycles. The highest BCUT2D eigenvalue weighted by atomic mass is 32.2. The molecule has 3 aromatic rings. The van der Waals surface area contributed by atoms with Crippen LogP contribution in [0.1, 0.15) is 10.4 Å². The molecule has 0 atom stereocenters. The summed E-state index contributed by atoms with van der Waals surface area (Å²) in [4.78, 5) is 11.6. The van der Waals surface area contributed by atoms with Gasteiger partial charge in [-0.1, -0.05) is 48.5 Å². The molecule has 0 fully saturated rings. The van der Waals surface area contributed by atoms with E-state index >= 15 is 0 Å². The summed E-state index contributed by atoms with van der Waals surface area (Å²) in [6.45, 7) is 0. The summed E-state index contributed by atoms with van der Waals surface area (Å²) in [5, 5.41) is 9.47. The fourth-order valence-electron chi connectivity index (χ4n) is 2.74. The van der Waals surface area contributed by atoms with Crippen molar-refractivity contribution in [2.45, 2.75) is 0 Å². The third kappa shape index (κ3) is 3.75. The standard InChI is InChI=1S/C20H17NO4S/c1-26(24,25)21(18-10-6-3-7-11-18)19-13-16(12-17(14-19)20(22)23)15-8-4-2-5-9-15/h2-14H,1H3,(H,22,23). The molecule has 6 heteroatoms. The Hall–Kier alpha value is -3.12. The molecule has 3 rings (SSSR count). The highest BCUT2D eigenvalue weighted by Crippen LogP contribution is 2.33. The molecule has 0 radical (unpaired) electrons. The van der Waals surface area contributed by atoms with Crippen LogP contribution in [0.2, 0.25) is 0 Å². The van der Waals surface area contributed by atoms with Crippen molar-refractivity contribution in [3.05, 3.63) is 84.4 Å². The van der Waals surface area contributed by atoms with Gasteiger partial charge in [0.2, 0.25) is 10.0 Å². The molecule has 0 aliphatic carbocycles. The lowest BCUT2D eigenvalue weighted by Gasteiger charge is -2.23. The number of rotatable bonds is 5. The lowest BCUT2D eigenvalue weighted by Crippen LogP contribution is -2.25. The largest absolute Gasteiger partial charge is 0.478 e. The average Bonchev–Trinajstić information content (AvgIpc) is 2.62. The van der Waals surface area contributed by atoms with Crippen molar-refractivity contribution in [1.29, 1.82) is 0 Å². The number of hydrogen-bond donors (Lipinski definition) is 1. The molecule has 5 nitrogen and oxygen atoms in total. The van der Waals surface area contributed by atoms with Crippen LogP contribution in [0.3, 0.4) is 0 Å². The van der Waals surface area contributed by atoms with Gasteiger partial charge in [0.25, 0.3) is 0 Å². The summed E-state index contributed by atoms with van der Waals surface area (Å²) in [6.07, 6.45) is 1.09. The number of carboxylic acid groups (broad SMARTS) is 1. The molecular weight excluding hydrogens is 350 g/mol. The van der Waals surface area contributed by atoms with E-state index in [9.17, 15) is 18.3 Å². The van der Waals surface area contributed by atoms with Crippen LogP contribution in [0.15, 0.2) is 78.9 Å². The second kappa shape index (κ2) is 7.01. The predicted octanol–water partition coefficient (Wildman–Crippen LogP) is 4.15. The van der Waals surface area contributed by atoms with Gasteiger partial charge >= 0.3 is 5.97 Å². The van der Waals surface area contributed by atoms with Crippen LogP contribution in [0, 0.1) is 0 Å². The molecule has 0 aliphatic rings. The maximum absolute atomic E-state index is 12.4. The van der Waals surface area contributed by atoms with Gasteiger partial charge in [-0.3, -0.25) is 0 Å². The van der Waals surface area contributed by atoms with Crippen molar-refractivity contribution in [3.8, 4) is 11.1 Å². The minimum absolute atomic E-state index is 0.0194. The quantitative estimate of drug-likeness (QED) is 0.735. The molecule has 1 N–H and O–H groups in total. The van der Waals surface area contributed by atoms with Gasteiger partial charge in [-0.15, -0.1) is 0 Å². The van der Waals surface area contributed by atoms with E-state index in [2.05, 4.69) is 0 Å². The van der Waals surface area contributed by atoms with Gasteiger partial charge in [0.1, 0.15) is 0 Å². The van der Waals surface area contributed by atoms with Crippen LogP contribution < -0.4 is 4.31 Å². The number of anilines is 2. The second-order valence-electron chi connectivity index (χ2n) is 5.80. The van der Waals surface area contributed by atoms with Gasteiger partial charge in [-0.05, 0) is 41.5 Å². The first-order chi connectivity index (χ1) is 12.4. The Labute approximate surface area is 152 Å². The zero-order chi connectivity index (χ0) is 18.7. The topological polar surface area (TPSA) is 74.7 Å². The number of sulfonamides is 1. The van der Waals surface area contributed by atoms with Crippen molar-refractivity contribution in [1.82, 2.24) is 0 Å². The molecule has 0 bridgehead atoms. The minimum Gasteiger partial charge on any atom is -0.478 e. The Morgan fingerprint density at radius 3 is 1.92 bits per heavy atom. The van der Waals surface area contributed by atoms with Crippen molar-refractivity contribution in [3.63, 3.8) is 0 Å². The van der Waals surface area contributed by atoms with E-state index in [1.807, 2.05) is 30.3 Å². The van der Waals surface area contributed by atoms with Crippen LogP contribution in [0.4, 0.5) is 11.4 Å². The molecule has 0 unspecified atom stereocenters. The summed E-state index contributed by atoms with van der Waals surface area (Å²) >= 11 is 0. The van der Waals surface area contributed by atoms with Gasteiger partial charge in [0.15, 0.2) is 0 Å². The zero-order valence-corrected chi connectivity index (χ0v) is 14.8. The van der Waals surface area contributed by atoms with Gasteiger partial charge in [0, 0.05) is 0 Å². The highest BCUT2D eigenvalue weighted by Gasteiger charge is 2.22. The van der Waals surface area contributed by atoms with E-state index < -0.39 is 16.0 Å². The normalized spacial score (nSPS) is 11.1. The first kappa shape index (κ1) is 17.7. The van der Waals surface area contributed by atoms with E-state index in [4.69, 9.17) is 0 Å². The van der Waals surface area contributed by atoms with Crippen LogP contribution in [0.5, 0.6) is 0 Å². The fourth-order valence-corrected chi connectivity index (χ4v) is 3.74. The van der Waals surface area contributed by atoms with Crippen LogP contribution in [-0.4, -0.2) is 25.7 Å². The van der Waals surface area contributed by atoms with E-state index in [1.165, 1.54) is 12.1 Å². The van der Waals surface area contributed by atoms with Crippen molar-refractivity contribution >= 4 is 27.4 Å². The van der Waals surface area contributed by atoms with Gasteiger partial charge in [-0.2, -0.15) is 0 Å². The van der Waals surface area contributed by atoms with E-state index in [0.29, 0.717) is 11.3 Å². The molecular formula is C20H17NO4S. The van der Waals surface area contributed by atoms with Gasteiger partial charge in [-0.25, -0.2) is 17.5 Å². The maximum Gasteiger partial charge on any atom is 0.335 e.